The van der Waals surface area contributed by atoms with Gasteiger partial charge in [0.05, 0.1) is 29.5 Å². The lowest BCUT2D eigenvalue weighted by Crippen LogP contribution is -2.32. The molecule has 29 heavy (non-hydrogen) atoms. The Kier molecular flexibility index (Phi) is 6.48. The minimum absolute atomic E-state index is 0.0437. The van der Waals surface area contributed by atoms with Crippen LogP contribution in [-0.2, 0) is 9.53 Å². The highest BCUT2D eigenvalue weighted by Gasteiger charge is 2.21. The van der Waals surface area contributed by atoms with Crippen molar-refractivity contribution < 1.29 is 14.3 Å². The summed E-state index contributed by atoms with van der Waals surface area (Å²) < 4.78 is 13.0. The molecule has 0 radical (unpaired) electrons. The van der Waals surface area contributed by atoms with E-state index in [9.17, 15) is 4.79 Å². The van der Waals surface area contributed by atoms with Crippen molar-refractivity contribution in [2.45, 2.75) is 24.1 Å². The highest BCUT2D eigenvalue weighted by Crippen LogP contribution is 2.33. The summed E-state index contributed by atoms with van der Waals surface area (Å²) in [6, 6.07) is 11.7. The average molecular weight is 431 g/mol. The van der Waals surface area contributed by atoms with Gasteiger partial charge in [-0.3, -0.25) is 9.36 Å². The molecule has 0 spiro atoms. The summed E-state index contributed by atoms with van der Waals surface area (Å²) in [5.41, 5.74) is 0.839. The van der Waals surface area contributed by atoms with E-state index in [1.165, 1.54) is 11.8 Å². The van der Waals surface area contributed by atoms with Gasteiger partial charge in [-0.15, -0.1) is 21.5 Å². The third kappa shape index (κ3) is 4.63. The molecule has 1 aromatic carbocycles. The first-order valence-corrected chi connectivity index (χ1v) is 11.3. The predicted octanol–water partition coefficient (Wildman–Crippen LogP) is 3.39. The Morgan fingerprint density at radius 2 is 2.24 bits per heavy atom. The van der Waals surface area contributed by atoms with Crippen molar-refractivity contribution in [3.05, 3.63) is 41.8 Å². The van der Waals surface area contributed by atoms with Gasteiger partial charge in [0.15, 0.2) is 11.0 Å². The molecule has 1 amide bonds. The molecule has 0 bridgehead atoms. The lowest BCUT2D eigenvalue weighted by molar-refractivity contribution is -0.119. The van der Waals surface area contributed by atoms with Crippen molar-refractivity contribution in [3.63, 3.8) is 0 Å². The van der Waals surface area contributed by atoms with Crippen LogP contribution in [0, 0.1) is 0 Å². The molecule has 3 aromatic rings. The minimum atomic E-state index is -0.0437. The topological polar surface area (TPSA) is 78.3 Å². The summed E-state index contributed by atoms with van der Waals surface area (Å²) in [7, 11) is 1.64. The number of thiophene rings is 1. The number of ether oxygens (including phenoxy) is 2. The van der Waals surface area contributed by atoms with E-state index in [-0.39, 0.29) is 17.8 Å². The Balaban J connectivity index is 1.54. The van der Waals surface area contributed by atoms with E-state index in [1.807, 2.05) is 46.3 Å². The largest absolute Gasteiger partial charge is 0.495 e. The second kappa shape index (κ2) is 9.43. The van der Waals surface area contributed by atoms with Crippen molar-refractivity contribution in [1.82, 2.24) is 20.1 Å². The SMILES string of the molecule is COc1ccccc1-n1c(SCC(=O)NC[C@H]2CCCO2)nnc1-c1cccs1. The Bertz CT molecular complexity index is 953. The van der Waals surface area contributed by atoms with E-state index in [2.05, 4.69) is 15.5 Å². The second-order valence-corrected chi connectivity index (χ2v) is 8.41. The van der Waals surface area contributed by atoms with Gasteiger partial charge in [0, 0.05) is 13.2 Å². The smallest absolute Gasteiger partial charge is 0.230 e. The zero-order valence-electron chi connectivity index (χ0n) is 16.0. The number of carbonyl (C=O) groups is 1. The highest BCUT2D eigenvalue weighted by atomic mass is 32.2. The van der Waals surface area contributed by atoms with Gasteiger partial charge < -0.3 is 14.8 Å². The fourth-order valence-corrected chi connectivity index (χ4v) is 4.65. The van der Waals surface area contributed by atoms with Crippen molar-refractivity contribution in [2.75, 3.05) is 26.0 Å². The molecule has 1 aliphatic heterocycles. The Morgan fingerprint density at radius 1 is 1.34 bits per heavy atom. The quantitative estimate of drug-likeness (QED) is 0.552. The van der Waals surface area contributed by atoms with Crippen LogP contribution in [0.2, 0.25) is 0 Å². The normalized spacial score (nSPS) is 16.1. The monoisotopic (exact) mass is 430 g/mol. The number of hydrogen-bond acceptors (Lipinski definition) is 7. The van der Waals surface area contributed by atoms with Crippen LogP contribution in [0.5, 0.6) is 5.75 Å². The molecule has 0 aliphatic carbocycles. The second-order valence-electron chi connectivity index (χ2n) is 6.52. The lowest BCUT2D eigenvalue weighted by Gasteiger charge is -2.13. The standard InChI is InChI=1S/C20H22N4O3S2/c1-26-16-8-3-2-7-15(16)24-19(17-9-5-11-28-17)22-23-20(24)29-13-18(25)21-12-14-6-4-10-27-14/h2-3,5,7-9,11,14H,4,6,10,12-13H2,1H3,(H,21,25)/t14-/m1/s1. The van der Waals surface area contributed by atoms with Crippen molar-refractivity contribution in [1.29, 1.82) is 0 Å². The third-order valence-electron chi connectivity index (χ3n) is 4.58. The van der Waals surface area contributed by atoms with Gasteiger partial charge in [-0.1, -0.05) is 30.0 Å². The van der Waals surface area contributed by atoms with Crippen LogP contribution >= 0.6 is 23.1 Å². The molecule has 9 heteroatoms. The maximum Gasteiger partial charge on any atom is 0.230 e. The van der Waals surface area contributed by atoms with Gasteiger partial charge in [0.1, 0.15) is 5.75 Å². The number of thioether (sulfide) groups is 1. The zero-order valence-corrected chi connectivity index (χ0v) is 17.7. The minimum Gasteiger partial charge on any atom is -0.495 e. The molecule has 7 nitrogen and oxygen atoms in total. The van der Waals surface area contributed by atoms with Crippen LogP contribution < -0.4 is 10.1 Å². The number of para-hydroxylation sites is 2. The third-order valence-corrected chi connectivity index (χ3v) is 6.38. The molecule has 1 fully saturated rings. The molecule has 0 saturated carbocycles. The molecule has 1 saturated heterocycles. The maximum atomic E-state index is 12.3. The van der Waals surface area contributed by atoms with E-state index < -0.39 is 0 Å². The van der Waals surface area contributed by atoms with Gasteiger partial charge in [-0.05, 0) is 36.4 Å². The lowest BCUT2D eigenvalue weighted by atomic mass is 10.2. The van der Waals surface area contributed by atoms with Gasteiger partial charge in [-0.25, -0.2) is 0 Å². The first-order valence-electron chi connectivity index (χ1n) is 9.40. The Hall–Kier alpha value is -2.36. The molecule has 152 valence electrons. The van der Waals surface area contributed by atoms with Gasteiger partial charge >= 0.3 is 0 Å². The Labute approximate surface area is 177 Å². The van der Waals surface area contributed by atoms with Crippen LogP contribution in [0.15, 0.2) is 46.9 Å². The van der Waals surface area contributed by atoms with Crippen LogP contribution in [-0.4, -0.2) is 52.8 Å². The number of benzene rings is 1. The van der Waals surface area contributed by atoms with Crippen LogP contribution in [0.25, 0.3) is 16.4 Å². The first-order chi connectivity index (χ1) is 14.3. The zero-order chi connectivity index (χ0) is 20.1. The molecule has 0 unspecified atom stereocenters. The maximum absolute atomic E-state index is 12.3. The Morgan fingerprint density at radius 3 is 3.00 bits per heavy atom. The van der Waals surface area contributed by atoms with Gasteiger partial charge in [0.25, 0.3) is 0 Å². The van der Waals surface area contributed by atoms with Crippen molar-refractivity contribution in [3.8, 4) is 22.1 Å². The molecular formula is C20H22N4O3S2. The number of rotatable bonds is 8. The molecule has 1 atom stereocenters. The number of carbonyl (C=O) groups excluding carboxylic acids is 1. The summed E-state index contributed by atoms with van der Waals surface area (Å²) in [6.45, 7) is 1.34. The number of nitrogens with one attached hydrogen (secondary N) is 1. The molecule has 1 aliphatic rings. The van der Waals surface area contributed by atoms with Crippen LogP contribution in [0.1, 0.15) is 12.8 Å². The van der Waals surface area contributed by atoms with E-state index in [0.29, 0.717) is 11.7 Å². The number of hydrogen-bond donors (Lipinski definition) is 1. The number of methoxy groups -OCH3 is 1. The molecule has 2 aromatic heterocycles. The van der Waals surface area contributed by atoms with Crippen molar-refractivity contribution >= 4 is 29.0 Å². The van der Waals surface area contributed by atoms with Gasteiger partial charge in [0.2, 0.25) is 5.91 Å². The highest BCUT2D eigenvalue weighted by molar-refractivity contribution is 7.99. The summed E-state index contributed by atoms with van der Waals surface area (Å²) in [5, 5.41) is 14.3. The molecule has 4 rings (SSSR count). The van der Waals surface area contributed by atoms with Crippen molar-refractivity contribution in [2.24, 2.45) is 0 Å². The summed E-state index contributed by atoms with van der Waals surface area (Å²) in [5.74, 6) is 1.66. The summed E-state index contributed by atoms with van der Waals surface area (Å²) in [4.78, 5) is 13.3. The van der Waals surface area contributed by atoms with Crippen LogP contribution in [0.4, 0.5) is 0 Å². The number of amides is 1. The first kappa shape index (κ1) is 19.9. The number of nitrogens with zero attached hydrogens (tertiary/aromatic N) is 3. The summed E-state index contributed by atoms with van der Waals surface area (Å²) in [6.07, 6.45) is 2.19. The fraction of sp³-hybridized carbons (Fsp3) is 0.350. The van der Waals surface area contributed by atoms with Crippen LogP contribution in [0.3, 0.4) is 0 Å². The number of aromatic nitrogens is 3. The van der Waals surface area contributed by atoms with E-state index >= 15 is 0 Å². The fourth-order valence-electron chi connectivity index (χ4n) is 3.17. The summed E-state index contributed by atoms with van der Waals surface area (Å²) >= 11 is 2.95. The molecular weight excluding hydrogens is 408 g/mol. The average Bonchev–Trinajstić information content (AvgIpc) is 3.52. The van der Waals surface area contributed by atoms with E-state index in [4.69, 9.17) is 9.47 Å². The van der Waals surface area contributed by atoms with E-state index in [0.717, 1.165) is 41.6 Å². The molecule has 3 heterocycles. The molecule has 1 N–H and O–H groups in total. The van der Waals surface area contributed by atoms with Gasteiger partial charge in [-0.2, -0.15) is 0 Å². The predicted molar refractivity (Wildman–Crippen MR) is 114 cm³/mol. The van der Waals surface area contributed by atoms with E-state index in [1.54, 1.807) is 18.4 Å².